The van der Waals surface area contributed by atoms with Crippen molar-refractivity contribution in [3.05, 3.63) is 11.1 Å². The summed E-state index contributed by atoms with van der Waals surface area (Å²) in [4.78, 5) is 13.7. The zero-order valence-corrected chi connectivity index (χ0v) is 13.1. The Morgan fingerprint density at radius 3 is 3.05 bits per heavy atom. The Morgan fingerprint density at radius 1 is 1.60 bits per heavy atom. The van der Waals surface area contributed by atoms with Crippen molar-refractivity contribution in [1.82, 2.24) is 19.8 Å². The van der Waals surface area contributed by atoms with E-state index >= 15 is 0 Å². The smallest absolute Gasteiger partial charge is 0.410 e. The quantitative estimate of drug-likeness (QED) is 0.919. The number of nitrogens with one attached hydrogen (secondary N) is 1. The molecule has 1 fully saturated rings. The molecule has 1 atom stereocenters. The number of carbonyl (C=O) groups is 1. The molecule has 1 aromatic rings. The molecule has 1 aliphatic rings. The van der Waals surface area contributed by atoms with Gasteiger partial charge in [-0.15, -0.1) is 5.10 Å². The highest BCUT2D eigenvalue weighted by Crippen LogP contribution is 2.19. The Morgan fingerprint density at radius 2 is 2.40 bits per heavy atom. The zero-order chi connectivity index (χ0) is 14.6. The molecular weight excluding hydrogens is 276 g/mol. The molecule has 7 heteroatoms. The molecule has 2 heterocycles. The van der Waals surface area contributed by atoms with Crippen molar-refractivity contribution >= 4 is 17.6 Å². The molecule has 1 saturated heterocycles. The van der Waals surface area contributed by atoms with Crippen LogP contribution < -0.4 is 5.32 Å². The van der Waals surface area contributed by atoms with E-state index in [4.69, 9.17) is 4.74 Å². The second-order valence-corrected chi connectivity index (χ2v) is 6.72. The van der Waals surface area contributed by atoms with Crippen LogP contribution in [0.2, 0.25) is 0 Å². The summed E-state index contributed by atoms with van der Waals surface area (Å²) < 4.78 is 9.21. The normalized spacial score (nSPS) is 19.4. The van der Waals surface area contributed by atoms with E-state index < -0.39 is 5.60 Å². The second-order valence-electron chi connectivity index (χ2n) is 6.11. The molecule has 0 aliphatic carbocycles. The summed E-state index contributed by atoms with van der Waals surface area (Å²) in [7, 11) is 0. The van der Waals surface area contributed by atoms with Gasteiger partial charge in [-0.2, -0.15) is 0 Å². The van der Waals surface area contributed by atoms with E-state index in [1.54, 1.807) is 4.90 Å². The lowest BCUT2D eigenvalue weighted by Crippen LogP contribution is -2.36. The van der Waals surface area contributed by atoms with Gasteiger partial charge in [0.1, 0.15) is 5.60 Å². The van der Waals surface area contributed by atoms with Crippen molar-refractivity contribution in [3.63, 3.8) is 0 Å². The van der Waals surface area contributed by atoms with E-state index in [1.807, 2.05) is 26.2 Å². The van der Waals surface area contributed by atoms with Crippen molar-refractivity contribution < 1.29 is 9.53 Å². The largest absolute Gasteiger partial charge is 0.444 e. The van der Waals surface area contributed by atoms with Gasteiger partial charge < -0.3 is 15.0 Å². The number of amides is 1. The third-order valence-electron chi connectivity index (χ3n) is 3.08. The highest BCUT2D eigenvalue weighted by molar-refractivity contribution is 7.03. The first-order valence-electron chi connectivity index (χ1n) is 6.88. The maximum atomic E-state index is 11.9. The van der Waals surface area contributed by atoms with Crippen LogP contribution in [0.1, 0.15) is 32.9 Å². The molecule has 1 N–H and O–H groups in total. The monoisotopic (exact) mass is 298 g/mol. The second kappa shape index (κ2) is 6.49. The fourth-order valence-corrected chi connectivity index (χ4v) is 2.61. The number of hydrogen-bond donors (Lipinski definition) is 1. The van der Waals surface area contributed by atoms with E-state index in [0.29, 0.717) is 5.92 Å². The number of likely N-dealkylation sites (tertiary alicyclic amines) is 1. The standard InChI is InChI=1S/C13H22N4O2S/c1-13(2,3)19-12(18)17-5-4-10(8-17)6-14-7-11-9-20-16-15-11/h9-10,14H,4-8H2,1-3H3/t10-/m1/s1. The lowest BCUT2D eigenvalue weighted by molar-refractivity contribution is 0.0288. The minimum atomic E-state index is -0.426. The molecule has 1 aromatic heterocycles. The van der Waals surface area contributed by atoms with Gasteiger partial charge in [-0.05, 0) is 44.6 Å². The minimum Gasteiger partial charge on any atom is -0.444 e. The fraction of sp³-hybridized carbons (Fsp3) is 0.769. The van der Waals surface area contributed by atoms with Crippen LogP contribution in [0.15, 0.2) is 5.38 Å². The molecule has 1 amide bonds. The topological polar surface area (TPSA) is 67.3 Å². The van der Waals surface area contributed by atoms with Crippen LogP contribution in [0, 0.1) is 5.92 Å². The van der Waals surface area contributed by atoms with Gasteiger partial charge in [0.05, 0.1) is 5.69 Å². The van der Waals surface area contributed by atoms with E-state index in [2.05, 4.69) is 14.9 Å². The lowest BCUT2D eigenvalue weighted by Gasteiger charge is -2.24. The molecule has 0 saturated carbocycles. The summed E-state index contributed by atoms with van der Waals surface area (Å²) in [6.45, 7) is 8.83. The molecule has 1 aliphatic heterocycles. The number of carbonyl (C=O) groups excluding carboxylic acids is 1. The SMILES string of the molecule is CC(C)(C)OC(=O)N1CC[C@H](CNCc2csnn2)C1. The van der Waals surface area contributed by atoms with E-state index in [9.17, 15) is 4.79 Å². The van der Waals surface area contributed by atoms with Crippen molar-refractivity contribution in [2.24, 2.45) is 5.92 Å². The molecule has 0 bridgehead atoms. The first-order chi connectivity index (χ1) is 9.44. The van der Waals surface area contributed by atoms with Crippen LogP contribution in [0.3, 0.4) is 0 Å². The highest BCUT2D eigenvalue weighted by Gasteiger charge is 2.29. The molecule has 2 rings (SSSR count). The van der Waals surface area contributed by atoms with E-state index in [-0.39, 0.29) is 6.09 Å². The summed E-state index contributed by atoms with van der Waals surface area (Å²) in [5.74, 6) is 0.481. The molecular formula is C13H22N4O2S. The predicted molar refractivity (Wildman–Crippen MR) is 77.5 cm³/mol. The van der Waals surface area contributed by atoms with Crippen LogP contribution in [-0.2, 0) is 11.3 Å². The van der Waals surface area contributed by atoms with Crippen LogP contribution in [0.25, 0.3) is 0 Å². The predicted octanol–water partition coefficient (Wildman–Crippen LogP) is 1.88. The molecule has 6 nitrogen and oxygen atoms in total. The Labute approximate surface area is 123 Å². The lowest BCUT2D eigenvalue weighted by atomic mass is 10.1. The highest BCUT2D eigenvalue weighted by atomic mass is 32.1. The van der Waals surface area contributed by atoms with E-state index in [1.165, 1.54) is 11.5 Å². The Hall–Kier alpha value is -1.21. The van der Waals surface area contributed by atoms with Crippen LogP contribution in [-0.4, -0.2) is 45.8 Å². The molecule has 0 radical (unpaired) electrons. The molecule has 0 spiro atoms. The van der Waals surface area contributed by atoms with Gasteiger partial charge in [0.15, 0.2) is 0 Å². The number of rotatable bonds is 4. The van der Waals surface area contributed by atoms with Gasteiger partial charge in [0.2, 0.25) is 0 Å². The maximum absolute atomic E-state index is 11.9. The number of hydrogen-bond acceptors (Lipinski definition) is 6. The van der Waals surface area contributed by atoms with Gasteiger partial charge in [0.25, 0.3) is 0 Å². The Bertz CT molecular complexity index is 430. The molecule has 0 aromatic carbocycles. The Kier molecular flexibility index (Phi) is 4.93. The first-order valence-corrected chi connectivity index (χ1v) is 7.72. The molecule has 0 unspecified atom stereocenters. The summed E-state index contributed by atoms with van der Waals surface area (Å²) in [5.41, 5.74) is 0.544. The van der Waals surface area contributed by atoms with Gasteiger partial charge >= 0.3 is 6.09 Å². The number of aromatic nitrogens is 2. The van der Waals surface area contributed by atoms with Crippen molar-refractivity contribution in [2.45, 2.75) is 39.3 Å². The summed E-state index contributed by atoms with van der Waals surface area (Å²) >= 11 is 1.36. The van der Waals surface area contributed by atoms with Gasteiger partial charge in [-0.3, -0.25) is 0 Å². The summed E-state index contributed by atoms with van der Waals surface area (Å²) in [6, 6.07) is 0. The molecule has 20 heavy (non-hydrogen) atoms. The van der Waals surface area contributed by atoms with Crippen LogP contribution in [0.4, 0.5) is 4.79 Å². The first kappa shape index (κ1) is 15.2. The maximum Gasteiger partial charge on any atom is 0.410 e. The van der Waals surface area contributed by atoms with Crippen molar-refractivity contribution in [1.29, 1.82) is 0 Å². The van der Waals surface area contributed by atoms with Crippen LogP contribution in [0.5, 0.6) is 0 Å². The Balaban J connectivity index is 1.68. The third-order valence-corrected chi connectivity index (χ3v) is 3.64. The van der Waals surface area contributed by atoms with E-state index in [0.717, 1.165) is 38.3 Å². The average molecular weight is 298 g/mol. The minimum absolute atomic E-state index is 0.205. The third kappa shape index (κ3) is 4.72. The number of ether oxygens (including phenoxy) is 1. The van der Waals surface area contributed by atoms with Crippen molar-refractivity contribution in [3.8, 4) is 0 Å². The number of nitrogens with zero attached hydrogens (tertiary/aromatic N) is 3. The van der Waals surface area contributed by atoms with Gasteiger partial charge in [-0.1, -0.05) is 4.49 Å². The van der Waals surface area contributed by atoms with Gasteiger partial charge in [0, 0.05) is 31.6 Å². The molecule has 112 valence electrons. The average Bonchev–Trinajstić information content (AvgIpc) is 2.97. The fourth-order valence-electron chi connectivity index (χ4n) is 2.16. The zero-order valence-electron chi connectivity index (χ0n) is 12.3. The van der Waals surface area contributed by atoms with Gasteiger partial charge in [-0.25, -0.2) is 4.79 Å². The van der Waals surface area contributed by atoms with Crippen LogP contribution >= 0.6 is 11.5 Å². The summed E-state index contributed by atoms with van der Waals surface area (Å²) in [5, 5.41) is 9.29. The summed E-state index contributed by atoms with van der Waals surface area (Å²) in [6.07, 6.45) is 0.811. The van der Waals surface area contributed by atoms with Crippen molar-refractivity contribution in [2.75, 3.05) is 19.6 Å².